The first kappa shape index (κ1) is 16.4. The van der Waals surface area contributed by atoms with E-state index in [1.165, 1.54) is 25.3 Å². The van der Waals surface area contributed by atoms with Gasteiger partial charge in [0, 0.05) is 11.6 Å². The van der Waals surface area contributed by atoms with Crippen molar-refractivity contribution in [3.8, 4) is 0 Å². The van der Waals surface area contributed by atoms with Crippen molar-refractivity contribution in [1.82, 2.24) is 4.90 Å². The van der Waals surface area contributed by atoms with Crippen molar-refractivity contribution in [3.63, 3.8) is 0 Å². The van der Waals surface area contributed by atoms with E-state index in [2.05, 4.69) is 25.7 Å². The summed E-state index contributed by atoms with van der Waals surface area (Å²) in [6.45, 7) is 8.64. The van der Waals surface area contributed by atoms with Crippen LogP contribution in [0.25, 0.3) is 0 Å². The maximum Gasteiger partial charge on any atom is 0.128 e. The molecular formula is C18H29FN2. The maximum absolute atomic E-state index is 14.4. The van der Waals surface area contributed by atoms with Crippen LogP contribution in [0.5, 0.6) is 0 Å². The lowest BCUT2D eigenvalue weighted by Crippen LogP contribution is -2.56. The molecule has 1 aliphatic heterocycles. The highest BCUT2D eigenvalue weighted by atomic mass is 19.1. The molecule has 0 spiro atoms. The van der Waals surface area contributed by atoms with Gasteiger partial charge < -0.3 is 5.73 Å². The Hall–Kier alpha value is -0.930. The zero-order valence-corrected chi connectivity index (χ0v) is 13.6. The third kappa shape index (κ3) is 3.64. The van der Waals surface area contributed by atoms with Gasteiger partial charge in [0.1, 0.15) is 5.82 Å². The second-order valence-electron chi connectivity index (χ2n) is 6.89. The lowest BCUT2D eigenvalue weighted by Gasteiger charge is -2.45. The number of halogens is 1. The largest absolute Gasteiger partial charge is 0.320 e. The molecule has 1 aromatic carbocycles. The van der Waals surface area contributed by atoms with Gasteiger partial charge in [0.2, 0.25) is 0 Å². The van der Waals surface area contributed by atoms with Gasteiger partial charge in [0.25, 0.3) is 0 Å². The summed E-state index contributed by atoms with van der Waals surface area (Å²) >= 11 is 0. The van der Waals surface area contributed by atoms with Crippen LogP contribution in [-0.2, 0) is 5.54 Å². The Morgan fingerprint density at radius 1 is 1.14 bits per heavy atom. The van der Waals surface area contributed by atoms with Crippen molar-refractivity contribution >= 4 is 0 Å². The minimum atomic E-state index is -0.628. The molecule has 0 aromatic heterocycles. The Kier molecular flexibility index (Phi) is 5.39. The molecule has 2 rings (SSSR count). The van der Waals surface area contributed by atoms with E-state index in [-0.39, 0.29) is 11.9 Å². The van der Waals surface area contributed by atoms with Gasteiger partial charge in [-0.1, -0.05) is 38.5 Å². The Morgan fingerprint density at radius 3 is 2.33 bits per heavy atom. The highest BCUT2D eigenvalue weighted by Gasteiger charge is 2.39. The number of benzene rings is 1. The smallest absolute Gasteiger partial charge is 0.128 e. The number of nitrogens with two attached hydrogens (primary N) is 1. The molecule has 0 saturated carbocycles. The van der Waals surface area contributed by atoms with E-state index >= 15 is 0 Å². The molecule has 0 aliphatic carbocycles. The van der Waals surface area contributed by atoms with Gasteiger partial charge in [-0.25, -0.2) is 4.39 Å². The predicted octanol–water partition coefficient (Wildman–Crippen LogP) is 3.90. The molecule has 21 heavy (non-hydrogen) atoms. The summed E-state index contributed by atoms with van der Waals surface area (Å²) in [6, 6.07) is 7.17. The Balaban J connectivity index is 2.34. The maximum atomic E-state index is 14.4. The molecule has 1 heterocycles. The van der Waals surface area contributed by atoms with Gasteiger partial charge in [-0.3, -0.25) is 4.90 Å². The summed E-state index contributed by atoms with van der Waals surface area (Å²) in [4.78, 5) is 2.44. The van der Waals surface area contributed by atoms with Gasteiger partial charge in [0.05, 0.1) is 5.54 Å². The van der Waals surface area contributed by atoms with Crippen molar-refractivity contribution in [2.45, 2.75) is 58.0 Å². The van der Waals surface area contributed by atoms with Gasteiger partial charge in [0.15, 0.2) is 0 Å². The van der Waals surface area contributed by atoms with Crippen molar-refractivity contribution in [2.24, 2.45) is 11.7 Å². The second-order valence-corrected chi connectivity index (χ2v) is 6.89. The first-order valence-electron chi connectivity index (χ1n) is 8.23. The Labute approximate surface area is 128 Å². The van der Waals surface area contributed by atoms with Crippen LogP contribution in [0.1, 0.15) is 52.0 Å². The second kappa shape index (κ2) is 6.89. The summed E-state index contributed by atoms with van der Waals surface area (Å²) < 4.78 is 14.4. The molecule has 1 fully saturated rings. The van der Waals surface area contributed by atoms with E-state index in [1.807, 2.05) is 12.1 Å². The molecule has 1 aromatic rings. The molecule has 0 amide bonds. The standard InChI is InChI=1S/C18H29FN2/c1-14(2)13-18(20,16-9-5-6-10-17(16)19)15(3)21-11-7-4-8-12-21/h5-6,9-10,14-15H,4,7-8,11-13,20H2,1-3H3. The van der Waals surface area contributed by atoms with Crippen LogP contribution in [0, 0.1) is 11.7 Å². The van der Waals surface area contributed by atoms with E-state index in [0.29, 0.717) is 11.5 Å². The average molecular weight is 292 g/mol. The molecule has 0 bridgehead atoms. The third-order valence-electron chi connectivity index (χ3n) is 4.81. The number of piperidine rings is 1. The number of hydrogen-bond donors (Lipinski definition) is 1. The van der Waals surface area contributed by atoms with Crippen molar-refractivity contribution in [1.29, 1.82) is 0 Å². The minimum Gasteiger partial charge on any atom is -0.320 e. The lowest BCUT2D eigenvalue weighted by molar-refractivity contribution is 0.0937. The van der Waals surface area contributed by atoms with Crippen LogP contribution in [-0.4, -0.2) is 24.0 Å². The zero-order valence-electron chi connectivity index (χ0n) is 13.6. The summed E-state index contributed by atoms with van der Waals surface area (Å²) in [5.41, 5.74) is 6.85. The van der Waals surface area contributed by atoms with E-state index in [9.17, 15) is 4.39 Å². The molecule has 0 radical (unpaired) electrons. The predicted molar refractivity (Wildman–Crippen MR) is 86.6 cm³/mol. The van der Waals surface area contributed by atoms with Gasteiger partial charge in [-0.15, -0.1) is 0 Å². The van der Waals surface area contributed by atoms with E-state index in [1.54, 1.807) is 6.07 Å². The minimum absolute atomic E-state index is 0.150. The summed E-state index contributed by atoms with van der Waals surface area (Å²) in [5, 5.41) is 0. The van der Waals surface area contributed by atoms with Crippen LogP contribution in [0.4, 0.5) is 4.39 Å². The van der Waals surface area contributed by atoms with Crippen LogP contribution < -0.4 is 5.73 Å². The topological polar surface area (TPSA) is 29.3 Å². The Morgan fingerprint density at radius 2 is 1.76 bits per heavy atom. The fourth-order valence-corrected chi connectivity index (χ4v) is 3.65. The van der Waals surface area contributed by atoms with Gasteiger partial charge in [-0.2, -0.15) is 0 Å². The molecule has 3 heteroatoms. The highest BCUT2D eigenvalue weighted by Crippen LogP contribution is 2.34. The van der Waals surface area contributed by atoms with Crippen LogP contribution in [0.3, 0.4) is 0 Å². The van der Waals surface area contributed by atoms with Gasteiger partial charge >= 0.3 is 0 Å². The SMILES string of the molecule is CC(C)CC(N)(c1ccccc1F)C(C)N1CCCCC1. The van der Waals surface area contributed by atoms with Crippen LogP contribution in [0.15, 0.2) is 24.3 Å². The summed E-state index contributed by atoms with van der Waals surface area (Å²) in [6.07, 6.45) is 4.54. The van der Waals surface area contributed by atoms with Gasteiger partial charge in [-0.05, 0) is 51.3 Å². The highest BCUT2D eigenvalue weighted by molar-refractivity contribution is 5.28. The number of nitrogens with zero attached hydrogens (tertiary/aromatic N) is 1. The summed E-state index contributed by atoms with van der Waals surface area (Å²) in [5.74, 6) is 0.256. The number of likely N-dealkylation sites (tertiary alicyclic amines) is 1. The molecule has 2 atom stereocenters. The molecule has 1 saturated heterocycles. The van der Waals surface area contributed by atoms with Crippen molar-refractivity contribution in [2.75, 3.05) is 13.1 Å². The quantitative estimate of drug-likeness (QED) is 0.892. The molecule has 2 N–H and O–H groups in total. The van der Waals surface area contributed by atoms with Crippen LogP contribution in [0.2, 0.25) is 0 Å². The van der Waals surface area contributed by atoms with E-state index in [0.717, 1.165) is 19.5 Å². The fourth-order valence-electron chi connectivity index (χ4n) is 3.65. The molecular weight excluding hydrogens is 263 g/mol. The van der Waals surface area contributed by atoms with E-state index in [4.69, 9.17) is 5.73 Å². The Bertz CT molecular complexity index is 454. The number of rotatable bonds is 5. The molecule has 118 valence electrons. The molecule has 1 aliphatic rings. The van der Waals surface area contributed by atoms with Crippen molar-refractivity contribution in [3.05, 3.63) is 35.6 Å². The molecule has 2 unspecified atom stereocenters. The number of hydrogen-bond acceptors (Lipinski definition) is 2. The monoisotopic (exact) mass is 292 g/mol. The lowest BCUT2D eigenvalue weighted by atomic mass is 9.76. The first-order chi connectivity index (χ1) is 9.95. The summed E-state index contributed by atoms with van der Waals surface area (Å²) in [7, 11) is 0. The van der Waals surface area contributed by atoms with E-state index < -0.39 is 5.54 Å². The first-order valence-corrected chi connectivity index (χ1v) is 8.23. The zero-order chi connectivity index (χ0) is 15.5. The van der Waals surface area contributed by atoms with Crippen molar-refractivity contribution < 1.29 is 4.39 Å². The average Bonchev–Trinajstić information content (AvgIpc) is 2.47. The normalized spacial score (nSPS) is 21.2. The fraction of sp³-hybridized carbons (Fsp3) is 0.667. The molecule has 2 nitrogen and oxygen atoms in total. The van der Waals surface area contributed by atoms with Crippen LogP contribution >= 0.6 is 0 Å². The third-order valence-corrected chi connectivity index (χ3v) is 4.81.